The lowest BCUT2D eigenvalue weighted by Gasteiger charge is -2.17. The lowest BCUT2D eigenvalue weighted by molar-refractivity contribution is -0.120. The number of H-pyrrole nitrogens is 1. The Morgan fingerprint density at radius 2 is 1.92 bits per heavy atom. The van der Waals surface area contributed by atoms with E-state index in [-0.39, 0.29) is 17.2 Å². The summed E-state index contributed by atoms with van der Waals surface area (Å²) in [4.78, 5) is 20.2. The lowest BCUT2D eigenvalue weighted by atomic mass is 10.1. The summed E-state index contributed by atoms with van der Waals surface area (Å²) in [6, 6.07) is 16.0. The highest BCUT2D eigenvalue weighted by Gasteiger charge is 2.18. The van der Waals surface area contributed by atoms with Crippen molar-refractivity contribution in [1.82, 2.24) is 15.3 Å². The quantitative estimate of drug-likeness (QED) is 0.684. The summed E-state index contributed by atoms with van der Waals surface area (Å²) in [5.41, 5.74) is 4.21. The number of aromatic nitrogens is 2. The molecular formula is C19H21N3OS. The van der Waals surface area contributed by atoms with Crippen LogP contribution in [0.2, 0.25) is 0 Å². The first-order valence-corrected chi connectivity index (χ1v) is 8.89. The number of nitrogens with zero attached hydrogens (tertiary/aromatic N) is 1. The number of carbonyl (C=O) groups is 1. The predicted molar refractivity (Wildman–Crippen MR) is 99.1 cm³/mol. The minimum Gasteiger partial charge on any atom is -0.349 e. The molecule has 24 heavy (non-hydrogen) atoms. The largest absolute Gasteiger partial charge is 0.349 e. The van der Waals surface area contributed by atoms with Crippen molar-refractivity contribution < 1.29 is 4.79 Å². The van der Waals surface area contributed by atoms with Gasteiger partial charge in [0.1, 0.15) is 0 Å². The zero-order valence-electron chi connectivity index (χ0n) is 14.0. The van der Waals surface area contributed by atoms with E-state index in [9.17, 15) is 4.79 Å². The van der Waals surface area contributed by atoms with E-state index in [0.29, 0.717) is 0 Å². The molecule has 2 N–H and O–H groups in total. The summed E-state index contributed by atoms with van der Waals surface area (Å²) in [5, 5.41) is 3.60. The smallest absolute Gasteiger partial charge is 0.233 e. The summed E-state index contributed by atoms with van der Waals surface area (Å²) in [6.45, 7) is 5.94. The Labute approximate surface area is 146 Å². The van der Waals surface area contributed by atoms with Crippen LogP contribution in [-0.4, -0.2) is 21.1 Å². The van der Waals surface area contributed by atoms with Crippen molar-refractivity contribution in [2.24, 2.45) is 0 Å². The number of aryl methyl sites for hydroxylation is 1. The highest BCUT2D eigenvalue weighted by molar-refractivity contribution is 8.00. The molecule has 4 nitrogen and oxygen atoms in total. The first-order valence-electron chi connectivity index (χ1n) is 8.01. The molecule has 0 fully saturated rings. The molecule has 0 unspecified atom stereocenters. The van der Waals surface area contributed by atoms with Crippen LogP contribution >= 0.6 is 11.8 Å². The van der Waals surface area contributed by atoms with Crippen LogP contribution in [0.25, 0.3) is 11.0 Å². The van der Waals surface area contributed by atoms with Crippen molar-refractivity contribution in [2.75, 3.05) is 0 Å². The maximum atomic E-state index is 12.4. The van der Waals surface area contributed by atoms with Crippen molar-refractivity contribution in [3.63, 3.8) is 0 Å². The monoisotopic (exact) mass is 339 g/mol. The van der Waals surface area contributed by atoms with E-state index in [4.69, 9.17) is 0 Å². The van der Waals surface area contributed by atoms with Crippen LogP contribution in [0.15, 0.2) is 53.7 Å². The standard InChI is InChI=1S/C19H21N3OS/c1-12-9-10-16-17(11-12)22-19(21-16)24-14(3)18(23)20-13(2)15-7-5-4-6-8-15/h4-11,13-14H,1-3H3,(H,20,23)(H,21,22)/t13-,14-/m0/s1. The van der Waals surface area contributed by atoms with Crippen molar-refractivity contribution >= 4 is 28.7 Å². The first kappa shape index (κ1) is 16.6. The Balaban J connectivity index is 1.64. The highest BCUT2D eigenvalue weighted by Crippen LogP contribution is 2.24. The van der Waals surface area contributed by atoms with Crippen LogP contribution in [-0.2, 0) is 4.79 Å². The fraction of sp³-hybridized carbons (Fsp3) is 0.263. The molecule has 0 radical (unpaired) electrons. The molecule has 0 saturated heterocycles. The normalized spacial score (nSPS) is 13.6. The molecule has 0 aliphatic heterocycles. The van der Waals surface area contributed by atoms with Gasteiger partial charge in [0.15, 0.2) is 5.16 Å². The molecule has 0 aliphatic carbocycles. The zero-order valence-corrected chi connectivity index (χ0v) is 14.9. The number of aromatic amines is 1. The van der Waals surface area contributed by atoms with Gasteiger partial charge in [-0.25, -0.2) is 4.98 Å². The van der Waals surface area contributed by atoms with Crippen LogP contribution in [0.3, 0.4) is 0 Å². The van der Waals surface area contributed by atoms with Crippen LogP contribution in [0, 0.1) is 6.92 Å². The van der Waals surface area contributed by atoms with E-state index in [1.54, 1.807) is 0 Å². The Morgan fingerprint density at radius 1 is 1.17 bits per heavy atom. The second-order valence-corrected chi connectivity index (χ2v) is 7.29. The molecule has 1 heterocycles. The van der Waals surface area contributed by atoms with E-state index in [1.165, 1.54) is 17.3 Å². The molecule has 5 heteroatoms. The summed E-state index contributed by atoms with van der Waals surface area (Å²) in [6.07, 6.45) is 0. The van der Waals surface area contributed by atoms with Gasteiger partial charge in [-0.3, -0.25) is 4.79 Å². The highest BCUT2D eigenvalue weighted by atomic mass is 32.2. The third-order valence-corrected chi connectivity index (χ3v) is 4.92. The van der Waals surface area contributed by atoms with Gasteiger partial charge in [0.25, 0.3) is 0 Å². The second-order valence-electron chi connectivity index (χ2n) is 5.96. The number of hydrogen-bond acceptors (Lipinski definition) is 3. The van der Waals surface area contributed by atoms with Gasteiger partial charge in [-0.2, -0.15) is 0 Å². The number of benzene rings is 2. The first-order chi connectivity index (χ1) is 11.5. The molecule has 1 aromatic heterocycles. The van der Waals surface area contributed by atoms with Gasteiger partial charge in [-0.1, -0.05) is 48.2 Å². The van der Waals surface area contributed by atoms with Crippen LogP contribution in [0.4, 0.5) is 0 Å². The van der Waals surface area contributed by atoms with Gasteiger partial charge < -0.3 is 10.3 Å². The molecular weight excluding hydrogens is 318 g/mol. The van der Waals surface area contributed by atoms with Gasteiger partial charge >= 0.3 is 0 Å². The van der Waals surface area contributed by atoms with Gasteiger partial charge in [-0.15, -0.1) is 0 Å². The lowest BCUT2D eigenvalue weighted by Crippen LogP contribution is -2.33. The number of hydrogen-bond donors (Lipinski definition) is 2. The van der Waals surface area contributed by atoms with E-state index >= 15 is 0 Å². The molecule has 0 saturated carbocycles. The number of rotatable bonds is 5. The van der Waals surface area contributed by atoms with Gasteiger partial charge in [-0.05, 0) is 44.0 Å². The van der Waals surface area contributed by atoms with Crippen LogP contribution in [0.5, 0.6) is 0 Å². The van der Waals surface area contributed by atoms with Crippen molar-refractivity contribution in [1.29, 1.82) is 0 Å². The minimum atomic E-state index is -0.224. The number of thioether (sulfide) groups is 1. The number of amides is 1. The van der Waals surface area contributed by atoms with Crippen LogP contribution in [0.1, 0.15) is 31.0 Å². The minimum absolute atomic E-state index is 0.00740. The number of carbonyl (C=O) groups excluding carboxylic acids is 1. The average molecular weight is 339 g/mol. The van der Waals surface area contributed by atoms with E-state index in [0.717, 1.165) is 21.8 Å². The number of nitrogens with one attached hydrogen (secondary N) is 2. The Kier molecular flexibility index (Phi) is 4.90. The van der Waals surface area contributed by atoms with E-state index in [1.807, 2.05) is 63.2 Å². The van der Waals surface area contributed by atoms with Crippen molar-refractivity contribution in [3.05, 3.63) is 59.7 Å². The summed E-state index contributed by atoms with van der Waals surface area (Å²) < 4.78 is 0. The summed E-state index contributed by atoms with van der Waals surface area (Å²) in [7, 11) is 0. The maximum Gasteiger partial charge on any atom is 0.233 e. The SMILES string of the molecule is Cc1ccc2nc(S[C@@H](C)C(=O)N[C@@H](C)c3ccccc3)[nH]c2c1. The fourth-order valence-electron chi connectivity index (χ4n) is 2.53. The Bertz CT molecular complexity index is 844. The number of fused-ring (bicyclic) bond motifs is 1. The van der Waals surface area contributed by atoms with Gasteiger partial charge in [0.05, 0.1) is 22.3 Å². The molecule has 2 atom stereocenters. The molecule has 0 spiro atoms. The molecule has 0 aliphatic rings. The van der Waals surface area contributed by atoms with E-state index in [2.05, 4.69) is 21.4 Å². The van der Waals surface area contributed by atoms with Crippen LogP contribution < -0.4 is 5.32 Å². The Hall–Kier alpha value is -2.27. The third kappa shape index (κ3) is 3.79. The predicted octanol–water partition coefficient (Wildman–Crippen LogP) is 4.23. The summed E-state index contributed by atoms with van der Waals surface area (Å²) in [5.74, 6) is 0.00740. The van der Waals surface area contributed by atoms with Gasteiger partial charge in [0, 0.05) is 0 Å². The van der Waals surface area contributed by atoms with E-state index < -0.39 is 0 Å². The maximum absolute atomic E-state index is 12.4. The molecule has 1 amide bonds. The zero-order chi connectivity index (χ0) is 17.1. The number of imidazole rings is 1. The average Bonchev–Trinajstić information content (AvgIpc) is 2.96. The molecule has 2 aromatic carbocycles. The van der Waals surface area contributed by atoms with Crippen molar-refractivity contribution in [2.45, 2.75) is 37.2 Å². The summed E-state index contributed by atoms with van der Waals surface area (Å²) >= 11 is 1.44. The fourth-order valence-corrected chi connectivity index (χ4v) is 3.36. The molecule has 3 aromatic rings. The Morgan fingerprint density at radius 3 is 2.67 bits per heavy atom. The molecule has 124 valence electrons. The van der Waals surface area contributed by atoms with Crippen molar-refractivity contribution in [3.8, 4) is 0 Å². The molecule has 0 bridgehead atoms. The molecule has 3 rings (SSSR count). The van der Waals surface area contributed by atoms with Gasteiger partial charge in [0.2, 0.25) is 5.91 Å². The third-order valence-electron chi connectivity index (χ3n) is 3.93. The second kappa shape index (κ2) is 7.09. The topological polar surface area (TPSA) is 57.8 Å².